The molecule has 0 radical (unpaired) electrons. The average molecular weight is 312 g/mol. The topological polar surface area (TPSA) is 79.8 Å². The van der Waals surface area contributed by atoms with Crippen molar-refractivity contribution in [2.75, 3.05) is 11.3 Å². The zero-order valence-electron chi connectivity index (χ0n) is 10.3. The van der Waals surface area contributed by atoms with E-state index in [-0.39, 0.29) is 24.2 Å². The molecule has 1 aromatic carbocycles. The zero-order chi connectivity index (χ0) is 14.4. The van der Waals surface area contributed by atoms with Crippen LogP contribution in [0.1, 0.15) is 6.42 Å². The lowest BCUT2D eigenvalue weighted by Crippen LogP contribution is -2.30. The standard InChI is InChI=1S/C12H11Cl2N5O/c13-6-5-11(20)17-19-12-16-10(7-15-18-12)8-1-3-9(14)4-2-8/h1-4,7H,5-6H2,(H,17,20)(H,16,18,19). The molecule has 2 aromatic rings. The van der Waals surface area contributed by atoms with Crippen LogP contribution in [0.25, 0.3) is 11.3 Å². The predicted molar refractivity (Wildman–Crippen MR) is 77.4 cm³/mol. The molecule has 0 bridgehead atoms. The highest BCUT2D eigenvalue weighted by molar-refractivity contribution is 6.30. The van der Waals surface area contributed by atoms with Crippen molar-refractivity contribution in [2.45, 2.75) is 6.42 Å². The van der Waals surface area contributed by atoms with Crippen molar-refractivity contribution in [1.82, 2.24) is 20.6 Å². The van der Waals surface area contributed by atoms with Gasteiger partial charge < -0.3 is 0 Å². The molecule has 0 aliphatic heterocycles. The van der Waals surface area contributed by atoms with E-state index in [9.17, 15) is 4.79 Å². The Morgan fingerprint density at radius 3 is 2.70 bits per heavy atom. The van der Waals surface area contributed by atoms with Gasteiger partial charge in [-0.15, -0.1) is 16.7 Å². The second kappa shape index (κ2) is 7.02. The maximum absolute atomic E-state index is 11.3. The summed E-state index contributed by atoms with van der Waals surface area (Å²) < 4.78 is 0. The van der Waals surface area contributed by atoms with Gasteiger partial charge in [0.25, 0.3) is 5.95 Å². The molecule has 2 rings (SSSR count). The Morgan fingerprint density at radius 2 is 2.00 bits per heavy atom. The van der Waals surface area contributed by atoms with Crippen LogP contribution < -0.4 is 10.9 Å². The van der Waals surface area contributed by atoms with E-state index in [1.54, 1.807) is 12.1 Å². The maximum atomic E-state index is 11.3. The number of nitrogens with zero attached hydrogens (tertiary/aromatic N) is 3. The van der Waals surface area contributed by atoms with Crippen LogP contribution in [0.15, 0.2) is 30.5 Å². The van der Waals surface area contributed by atoms with Gasteiger partial charge in [-0.05, 0) is 12.1 Å². The first kappa shape index (κ1) is 14.5. The number of aromatic nitrogens is 3. The van der Waals surface area contributed by atoms with E-state index in [2.05, 4.69) is 26.0 Å². The molecule has 6 nitrogen and oxygen atoms in total. The van der Waals surface area contributed by atoms with Crippen molar-refractivity contribution in [2.24, 2.45) is 0 Å². The second-order valence-electron chi connectivity index (χ2n) is 3.78. The Kier molecular flexibility index (Phi) is 5.09. The average Bonchev–Trinajstić information content (AvgIpc) is 2.47. The summed E-state index contributed by atoms with van der Waals surface area (Å²) in [7, 11) is 0. The highest BCUT2D eigenvalue weighted by Gasteiger charge is 2.05. The van der Waals surface area contributed by atoms with Crippen LogP contribution in [0.3, 0.4) is 0 Å². The maximum Gasteiger partial charge on any atom is 0.262 e. The van der Waals surface area contributed by atoms with Crippen LogP contribution in [-0.4, -0.2) is 27.0 Å². The second-order valence-corrected chi connectivity index (χ2v) is 4.60. The number of rotatable bonds is 5. The Morgan fingerprint density at radius 1 is 1.25 bits per heavy atom. The van der Waals surface area contributed by atoms with Crippen LogP contribution in [0.5, 0.6) is 0 Å². The molecule has 8 heteroatoms. The molecule has 0 aliphatic rings. The molecule has 1 amide bonds. The first-order chi connectivity index (χ1) is 9.69. The van der Waals surface area contributed by atoms with E-state index in [0.717, 1.165) is 5.56 Å². The molecule has 0 unspecified atom stereocenters. The first-order valence-electron chi connectivity index (χ1n) is 5.75. The Hall–Kier alpha value is -1.92. The van der Waals surface area contributed by atoms with Crippen molar-refractivity contribution in [3.05, 3.63) is 35.5 Å². The molecule has 0 atom stereocenters. The fourth-order valence-corrected chi connectivity index (χ4v) is 1.69. The van der Waals surface area contributed by atoms with E-state index >= 15 is 0 Å². The summed E-state index contributed by atoms with van der Waals surface area (Å²) in [6, 6.07) is 7.16. The normalized spacial score (nSPS) is 10.1. The molecule has 0 spiro atoms. The molecule has 104 valence electrons. The van der Waals surface area contributed by atoms with Gasteiger partial charge in [0.05, 0.1) is 11.9 Å². The van der Waals surface area contributed by atoms with Gasteiger partial charge in [-0.2, -0.15) is 5.10 Å². The van der Waals surface area contributed by atoms with Gasteiger partial charge in [0, 0.05) is 22.9 Å². The highest BCUT2D eigenvalue weighted by Crippen LogP contribution is 2.19. The van der Waals surface area contributed by atoms with Crippen molar-refractivity contribution >= 4 is 35.1 Å². The summed E-state index contributed by atoms with van der Waals surface area (Å²) in [6.07, 6.45) is 1.73. The molecule has 0 fully saturated rings. The number of hydrogen-bond acceptors (Lipinski definition) is 5. The number of hydrogen-bond donors (Lipinski definition) is 2. The van der Waals surface area contributed by atoms with E-state index < -0.39 is 0 Å². The number of nitrogens with one attached hydrogen (secondary N) is 2. The number of carbonyl (C=O) groups excluding carboxylic acids is 1. The fourth-order valence-electron chi connectivity index (χ4n) is 1.39. The van der Waals surface area contributed by atoms with Crippen molar-refractivity contribution in [1.29, 1.82) is 0 Å². The zero-order valence-corrected chi connectivity index (χ0v) is 11.8. The minimum absolute atomic E-state index is 0.195. The number of hydrazine groups is 1. The van der Waals surface area contributed by atoms with Crippen molar-refractivity contribution in [3.8, 4) is 11.3 Å². The summed E-state index contributed by atoms with van der Waals surface area (Å²) >= 11 is 11.3. The Bertz CT molecular complexity index is 591. The van der Waals surface area contributed by atoms with Crippen molar-refractivity contribution < 1.29 is 4.79 Å². The number of halogens is 2. The largest absolute Gasteiger partial charge is 0.273 e. The third kappa shape index (κ3) is 4.04. The van der Waals surface area contributed by atoms with Gasteiger partial charge in [0.1, 0.15) is 0 Å². The van der Waals surface area contributed by atoms with Gasteiger partial charge in [-0.25, -0.2) is 4.98 Å². The van der Waals surface area contributed by atoms with E-state index in [4.69, 9.17) is 23.2 Å². The number of anilines is 1. The summed E-state index contributed by atoms with van der Waals surface area (Å²) in [5, 5.41) is 8.23. The third-order valence-corrected chi connectivity index (χ3v) is 2.78. The van der Waals surface area contributed by atoms with Gasteiger partial charge in [0.15, 0.2) is 0 Å². The minimum atomic E-state index is -0.250. The smallest absolute Gasteiger partial charge is 0.262 e. The van der Waals surface area contributed by atoms with Gasteiger partial charge in [-0.3, -0.25) is 15.6 Å². The van der Waals surface area contributed by atoms with E-state index in [1.807, 2.05) is 12.1 Å². The third-order valence-electron chi connectivity index (χ3n) is 2.33. The SMILES string of the molecule is O=C(CCCl)NNc1nncc(-c2ccc(Cl)cc2)n1. The number of amides is 1. The number of carbonyl (C=O) groups is 1. The van der Waals surface area contributed by atoms with E-state index in [0.29, 0.717) is 10.7 Å². The van der Waals surface area contributed by atoms with E-state index in [1.165, 1.54) is 6.20 Å². The molecule has 0 saturated carbocycles. The predicted octanol–water partition coefficient (Wildman–Crippen LogP) is 2.26. The Balaban J connectivity index is 2.08. The molecule has 1 aromatic heterocycles. The monoisotopic (exact) mass is 311 g/mol. The fraction of sp³-hybridized carbons (Fsp3) is 0.167. The van der Waals surface area contributed by atoms with Crippen LogP contribution in [0.4, 0.5) is 5.95 Å². The lowest BCUT2D eigenvalue weighted by molar-refractivity contribution is -0.120. The summed E-state index contributed by atoms with van der Waals surface area (Å²) in [4.78, 5) is 15.5. The molecular formula is C12H11Cl2N5O. The number of benzene rings is 1. The van der Waals surface area contributed by atoms with Gasteiger partial charge in [-0.1, -0.05) is 23.7 Å². The first-order valence-corrected chi connectivity index (χ1v) is 6.67. The molecule has 0 saturated heterocycles. The summed E-state index contributed by atoms with van der Waals surface area (Å²) in [5.74, 6) is 0.193. The summed E-state index contributed by atoms with van der Waals surface area (Å²) in [6.45, 7) is 0. The molecule has 20 heavy (non-hydrogen) atoms. The molecular weight excluding hydrogens is 301 g/mol. The minimum Gasteiger partial charge on any atom is -0.273 e. The lowest BCUT2D eigenvalue weighted by atomic mass is 10.2. The van der Waals surface area contributed by atoms with Crippen LogP contribution in [0.2, 0.25) is 5.02 Å². The Labute approximate surface area is 125 Å². The number of alkyl halides is 1. The lowest BCUT2D eigenvalue weighted by Gasteiger charge is -2.06. The molecule has 0 aliphatic carbocycles. The van der Waals surface area contributed by atoms with Crippen LogP contribution in [-0.2, 0) is 4.79 Å². The summed E-state index contributed by atoms with van der Waals surface area (Å²) in [5.41, 5.74) is 6.47. The highest BCUT2D eigenvalue weighted by atomic mass is 35.5. The molecule has 1 heterocycles. The quantitative estimate of drug-likeness (QED) is 0.654. The van der Waals surface area contributed by atoms with Gasteiger partial charge in [0.2, 0.25) is 5.91 Å². The van der Waals surface area contributed by atoms with Crippen LogP contribution >= 0.6 is 23.2 Å². The van der Waals surface area contributed by atoms with Gasteiger partial charge >= 0.3 is 0 Å². The van der Waals surface area contributed by atoms with Crippen LogP contribution in [0, 0.1) is 0 Å². The molecule has 2 N–H and O–H groups in total. The van der Waals surface area contributed by atoms with Crippen molar-refractivity contribution in [3.63, 3.8) is 0 Å².